The van der Waals surface area contributed by atoms with Crippen molar-refractivity contribution >= 4 is 5.91 Å². The van der Waals surface area contributed by atoms with Crippen molar-refractivity contribution in [2.24, 2.45) is 11.7 Å². The summed E-state index contributed by atoms with van der Waals surface area (Å²) in [5.41, 5.74) is 6.01. The molecule has 1 amide bonds. The van der Waals surface area contributed by atoms with Gasteiger partial charge in [-0.1, -0.05) is 13.3 Å². The van der Waals surface area contributed by atoms with E-state index in [0.717, 1.165) is 38.8 Å². The summed E-state index contributed by atoms with van der Waals surface area (Å²) in [7, 11) is 0. The van der Waals surface area contributed by atoms with Gasteiger partial charge >= 0.3 is 0 Å². The lowest BCUT2D eigenvalue weighted by atomic mass is 10.0. The molecule has 2 aliphatic rings. The maximum atomic E-state index is 12.4. The van der Waals surface area contributed by atoms with Gasteiger partial charge in [0.25, 0.3) is 0 Å². The topological polar surface area (TPSA) is 55.6 Å². The van der Waals surface area contributed by atoms with E-state index in [1.54, 1.807) is 0 Å². The average molecular weight is 240 g/mol. The Bertz CT molecular complexity index is 283. The third-order valence-corrected chi connectivity index (χ3v) is 3.98. The molecule has 1 heterocycles. The van der Waals surface area contributed by atoms with Crippen molar-refractivity contribution in [1.82, 2.24) is 4.90 Å². The number of carbonyl (C=O) groups excluding carboxylic acids is 1. The molecule has 0 bridgehead atoms. The molecule has 17 heavy (non-hydrogen) atoms. The lowest BCUT2D eigenvalue weighted by Crippen LogP contribution is -2.52. The molecular weight excluding hydrogens is 216 g/mol. The summed E-state index contributed by atoms with van der Waals surface area (Å²) in [5, 5.41) is 0. The van der Waals surface area contributed by atoms with Gasteiger partial charge in [-0.15, -0.1) is 0 Å². The summed E-state index contributed by atoms with van der Waals surface area (Å²) in [6, 6.07) is 0.0701. The fourth-order valence-electron chi connectivity index (χ4n) is 2.98. The van der Waals surface area contributed by atoms with Crippen molar-refractivity contribution in [3.8, 4) is 0 Å². The molecule has 2 N–H and O–H groups in total. The van der Waals surface area contributed by atoms with Crippen LogP contribution in [-0.2, 0) is 9.53 Å². The molecule has 4 nitrogen and oxygen atoms in total. The fraction of sp³-hybridized carbons (Fsp3) is 0.923. The maximum absolute atomic E-state index is 12.4. The van der Waals surface area contributed by atoms with Gasteiger partial charge in [-0.2, -0.15) is 0 Å². The Morgan fingerprint density at radius 1 is 1.41 bits per heavy atom. The van der Waals surface area contributed by atoms with Crippen molar-refractivity contribution in [3.63, 3.8) is 0 Å². The van der Waals surface area contributed by atoms with E-state index < -0.39 is 0 Å². The smallest absolute Gasteiger partial charge is 0.227 e. The predicted molar refractivity (Wildman–Crippen MR) is 66.5 cm³/mol. The molecular formula is C13H24N2O2. The minimum atomic E-state index is 0.0535. The SMILES string of the molecule is CC[C@@H]1CN(C(=O)[C@@H]2CCC[C@H]2N)C[C@H](C)O1. The molecule has 4 heteroatoms. The third-order valence-electron chi connectivity index (χ3n) is 3.98. The molecule has 0 aromatic carbocycles. The van der Waals surface area contributed by atoms with Crippen LogP contribution in [0.1, 0.15) is 39.5 Å². The zero-order chi connectivity index (χ0) is 12.4. The summed E-state index contributed by atoms with van der Waals surface area (Å²) in [6.07, 6.45) is 4.35. The highest BCUT2D eigenvalue weighted by atomic mass is 16.5. The molecule has 1 aliphatic heterocycles. The van der Waals surface area contributed by atoms with Crippen LogP contribution in [0.2, 0.25) is 0 Å². The van der Waals surface area contributed by atoms with E-state index in [1.807, 2.05) is 11.8 Å². The summed E-state index contributed by atoms with van der Waals surface area (Å²) >= 11 is 0. The minimum absolute atomic E-state index is 0.0535. The Hall–Kier alpha value is -0.610. The molecule has 1 saturated carbocycles. The van der Waals surface area contributed by atoms with E-state index in [1.165, 1.54) is 0 Å². The predicted octanol–water partition coefficient (Wildman–Crippen LogP) is 1.14. The maximum Gasteiger partial charge on any atom is 0.227 e. The Morgan fingerprint density at radius 3 is 2.76 bits per heavy atom. The zero-order valence-electron chi connectivity index (χ0n) is 10.9. The lowest BCUT2D eigenvalue weighted by molar-refractivity contribution is -0.148. The molecule has 0 spiro atoms. The summed E-state index contributed by atoms with van der Waals surface area (Å²) in [5.74, 6) is 0.307. The van der Waals surface area contributed by atoms with Crippen molar-refractivity contribution in [1.29, 1.82) is 0 Å². The number of ether oxygens (including phenoxy) is 1. The summed E-state index contributed by atoms with van der Waals surface area (Å²) < 4.78 is 5.78. The van der Waals surface area contributed by atoms with Gasteiger partial charge in [0.2, 0.25) is 5.91 Å². The van der Waals surface area contributed by atoms with Gasteiger partial charge in [-0.3, -0.25) is 4.79 Å². The zero-order valence-corrected chi connectivity index (χ0v) is 10.9. The quantitative estimate of drug-likeness (QED) is 0.787. The van der Waals surface area contributed by atoms with Crippen molar-refractivity contribution in [2.75, 3.05) is 13.1 Å². The molecule has 1 aliphatic carbocycles. The highest BCUT2D eigenvalue weighted by Crippen LogP contribution is 2.27. The van der Waals surface area contributed by atoms with Crippen LogP contribution in [-0.4, -0.2) is 42.1 Å². The van der Waals surface area contributed by atoms with Gasteiger partial charge in [-0.25, -0.2) is 0 Å². The van der Waals surface area contributed by atoms with Crippen LogP contribution in [0.3, 0.4) is 0 Å². The number of hydrogen-bond donors (Lipinski definition) is 1. The van der Waals surface area contributed by atoms with Crippen molar-refractivity contribution < 1.29 is 9.53 Å². The van der Waals surface area contributed by atoms with E-state index in [4.69, 9.17) is 10.5 Å². The largest absolute Gasteiger partial charge is 0.372 e. The number of nitrogens with two attached hydrogens (primary N) is 1. The van der Waals surface area contributed by atoms with Gasteiger partial charge in [-0.05, 0) is 26.2 Å². The Labute approximate surface area is 103 Å². The number of hydrogen-bond acceptors (Lipinski definition) is 3. The van der Waals surface area contributed by atoms with Crippen LogP contribution in [0.5, 0.6) is 0 Å². The summed E-state index contributed by atoms with van der Waals surface area (Å²) in [4.78, 5) is 14.4. The number of carbonyl (C=O) groups is 1. The van der Waals surface area contributed by atoms with Gasteiger partial charge in [0.15, 0.2) is 0 Å². The van der Waals surface area contributed by atoms with E-state index >= 15 is 0 Å². The normalized spacial score (nSPS) is 38.4. The lowest BCUT2D eigenvalue weighted by Gasteiger charge is -2.38. The standard InChI is InChI=1S/C13H24N2O2/c1-3-10-8-15(7-9(2)17-10)13(16)11-5-4-6-12(11)14/h9-12H,3-8,14H2,1-2H3/t9-,10+,11+,12+/m0/s1. The Balaban J connectivity index is 1.98. The van der Waals surface area contributed by atoms with E-state index in [-0.39, 0.29) is 30.1 Å². The van der Waals surface area contributed by atoms with Crippen LogP contribution in [0.25, 0.3) is 0 Å². The average Bonchev–Trinajstić information content (AvgIpc) is 2.73. The Kier molecular flexibility index (Phi) is 4.05. The van der Waals surface area contributed by atoms with Crippen LogP contribution in [0, 0.1) is 5.92 Å². The Morgan fingerprint density at radius 2 is 2.18 bits per heavy atom. The van der Waals surface area contributed by atoms with Gasteiger partial charge in [0.05, 0.1) is 18.1 Å². The molecule has 2 fully saturated rings. The number of nitrogens with zero attached hydrogens (tertiary/aromatic N) is 1. The first kappa shape index (κ1) is 12.8. The van der Waals surface area contributed by atoms with E-state index in [9.17, 15) is 4.79 Å². The monoisotopic (exact) mass is 240 g/mol. The first-order chi connectivity index (χ1) is 8.11. The van der Waals surface area contributed by atoms with Crippen molar-refractivity contribution in [3.05, 3.63) is 0 Å². The highest BCUT2D eigenvalue weighted by molar-refractivity contribution is 5.80. The fourth-order valence-corrected chi connectivity index (χ4v) is 2.98. The molecule has 98 valence electrons. The number of rotatable bonds is 2. The molecule has 0 aromatic heterocycles. The second-order valence-corrected chi connectivity index (χ2v) is 5.42. The van der Waals surface area contributed by atoms with Crippen LogP contribution >= 0.6 is 0 Å². The molecule has 2 rings (SSSR count). The van der Waals surface area contributed by atoms with E-state index in [2.05, 4.69) is 6.92 Å². The molecule has 1 saturated heterocycles. The molecule has 0 radical (unpaired) electrons. The van der Waals surface area contributed by atoms with Gasteiger partial charge in [0.1, 0.15) is 0 Å². The third kappa shape index (κ3) is 2.80. The molecule has 4 atom stereocenters. The molecule has 0 unspecified atom stereocenters. The summed E-state index contributed by atoms with van der Waals surface area (Å²) in [6.45, 7) is 5.60. The van der Waals surface area contributed by atoms with Crippen LogP contribution < -0.4 is 5.73 Å². The van der Waals surface area contributed by atoms with Gasteiger partial charge < -0.3 is 15.4 Å². The van der Waals surface area contributed by atoms with Crippen LogP contribution in [0.15, 0.2) is 0 Å². The second kappa shape index (κ2) is 5.36. The number of amides is 1. The van der Waals surface area contributed by atoms with Crippen molar-refractivity contribution in [2.45, 2.75) is 57.8 Å². The van der Waals surface area contributed by atoms with Crippen LogP contribution in [0.4, 0.5) is 0 Å². The van der Waals surface area contributed by atoms with E-state index in [0.29, 0.717) is 0 Å². The molecule has 0 aromatic rings. The number of morpholine rings is 1. The minimum Gasteiger partial charge on any atom is -0.372 e. The first-order valence-corrected chi connectivity index (χ1v) is 6.81. The first-order valence-electron chi connectivity index (χ1n) is 6.81. The van der Waals surface area contributed by atoms with Gasteiger partial charge in [0, 0.05) is 19.1 Å². The second-order valence-electron chi connectivity index (χ2n) is 5.42. The highest BCUT2D eigenvalue weighted by Gasteiger charge is 2.36.